The Morgan fingerprint density at radius 2 is 1.79 bits per heavy atom. The largest absolute Gasteiger partial charge is 0.457 e. The molecule has 0 fully saturated rings. The van der Waals surface area contributed by atoms with Crippen molar-refractivity contribution in [2.75, 3.05) is 5.73 Å². The second kappa shape index (κ2) is 5.13. The summed E-state index contributed by atoms with van der Waals surface area (Å²) in [6.45, 7) is 0. The predicted octanol–water partition coefficient (Wildman–Crippen LogP) is 4.84. The number of hydrogen-bond donors (Lipinski definition) is 1. The van der Waals surface area contributed by atoms with Crippen LogP contribution in [0.25, 0.3) is 0 Å². The monoisotopic (exact) mass is 331 g/mol. The highest BCUT2D eigenvalue weighted by Crippen LogP contribution is 2.39. The van der Waals surface area contributed by atoms with Gasteiger partial charge in [0.05, 0.1) is 5.56 Å². The molecule has 0 amide bonds. The number of nitrogens with two attached hydrogens (primary N) is 1. The van der Waals surface area contributed by atoms with Crippen LogP contribution in [0.5, 0.6) is 11.5 Å². The van der Waals surface area contributed by atoms with Crippen molar-refractivity contribution in [3.8, 4) is 11.5 Å². The van der Waals surface area contributed by atoms with Crippen molar-refractivity contribution < 1.29 is 17.9 Å². The van der Waals surface area contributed by atoms with Gasteiger partial charge in [0.1, 0.15) is 11.5 Å². The highest BCUT2D eigenvalue weighted by Gasteiger charge is 2.34. The summed E-state index contributed by atoms with van der Waals surface area (Å²) in [6.07, 6.45) is -4.48. The van der Waals surface area contributed by atoms with Gasteiger partial charge in [0, 0.05) is 16.2 Å². The fraction of sp³-hybridized carbons (Fsp3) is 0.0769. The molecule has 0 unspecified atom stereocenters. The summed E-state index contributed by atoms with van der Waals surface area (Å²) in [7, 11) is 0. The van der Waals surface area contributed by atoms with Gasteiger partial charge in [-0.25, -0.2) is 0 Å². The minimum absolute atomic E-state index is 0.253. The van der Waals surface area contributed by atoms with Crippen LogP contribution in [-0.4, -0.2) is 0 Å². The first-order valence-electron chi connectivity index (χ1n) is 5.26. The van der Waals surface area contributed by atoms with Gasteiger partial charge >= 0.3 is 6.18 Å². The molecule has 0 aliphatic carbocycles. The molecule has 6 heteroatoms. The lowest BCUT2D eigenvalue weighted by Crippen LogP contribution is -2.07. The van der Waals surface area contributed by atoms with Gasteiger partial charge in [0.25, 0.3) is 0 Å². The number of halogens is 4. The Hall–Kier alpha value is -1.69. The second-order valence-corrected chi connectivity index (χ2v) is 4.73. The van der Waals surface area contributed by atoms with E-state index in [0.29, 0.717) is 10.2 Å². The molecule has 2 rings (SSSR count). The third-order valence-corrected chi connectivity index (χ3v) is 2.83. The third kappa shape index (κ3) is 3.41. The first-order valence-corrected chi connectivity index (χ1v) is 6.06. The molecule has 0 aliphatic rings. The molecule has 100 valence electrons. The van der Waals surface area contributed by atoms with Crippen molar-refractivity contribution in [3.63, 3.8) is 0 Å². The molecule has 2 aromatic rings. The zero-order valence-corrected chi connectivity index (χ0v) is 11.1. The van der Waals surface area contributed by atoms with Crippen LogP contribution in [0.3, 0.4) is 0 Å². The van der Waals surface area contributed by atoms with Crippen molar-refractivity contribution in [3.05, 3.63) is 52.5 Å². The highest BCUT2D eigenvalue weighted by molar-refractivity contribution is 9.10. The summed E-state index contributed by atoms with van der Waals surface area (Å²) in [4.78, 5) is 0. The van der Waals surface area contributed by atoms with Crippen molar-refractivity contribution in [2.24, 2.45) is 0 Å². The number of rotatable bonds is 2. The average molecular weight is 332 g/mol. The van der Waals surface area contributed by atoms with Crippen LogP contribution in [0.1, 0.15) is 5.56 Å². The number of ether oxygens (including phenoxy) is 1. The minimum atomic E-state index is -4.48. The number of hydrogen-bond acceptors (Lipinski definition) is 2. The van der Waals surface area contributed by atoms with E-state index in [4.69, 9.17) is 10.5 Å². The number of anilines is 1. The van der Waals surface area contributed by atoms with Crippen molar-refractivity contribution in [1.29, 1.82) is 0 Å². The van der Waals surface area contributed by atoms with Crippen LogP contribution in [0.15, 0.2) is 46.9 Å². The van der Waals surface area contributed by atoms with E-state index in [1.54, 1.807) is 12.1 Å². The van der Waals surface area contributed by atoms with E-state index in [-0.39, 0.29) is 11.5 Å². The fourth-order valence-corrected chi connectivity index (χ4v) is 1.86. The summed E-state index contributed by atoms with van der Waals surface area (Å²) < 4.78 is 44.3. The van der Waals surface area contributed by atoms with Crippen molar-refractivity contribution >= 4 is 21.6 Å². The summed E-state index contributed by atoms with van der Waals surface area (Å²) in [5.74, 6) is -0.0175. The first-order chi connectivity index (χ1) is 8.86. The highest BCUT2D eigenvalue weighted by atomic mass is 79.9. The Labute approximate surface area is 116 Å². The molecule has 0 radical (unpaired) electrons. The summed E-state index contributed by atoms with van der Waals surface area (Å²) >= 11 is 3.12. The molecule has 2 N–H and O–H groups in total. The predicted molar refractivity (Wildman–Crippen MR) is 70.1 cm³/mol. The van der Waals surface area contributed by atoms with E-state index >= 15 is 0 Å². The molecular formula is C13H9BrF3NO. The number of alkyl halides is 3. The fourth-order valence-electron chi connectivity index (χ4n) is 1.52. The molecule has 0 saturated carbocycles. The van der Waals surface area contributed by atoms with Crippen LogP contribution in [0.4, 0.5) is 18.9 Å². The molecule has 0 atom stereocenters. The zero-order chi connectivity index (χ0) is 14.0. The molecular weight excluding hydrogens is 323 g/mol. The van der Waals surface area contributed by atoms with Crippen LogP contribution in [-0.2, 0) is 6.18 Å². The van der Waals surface area contributed by atoms with Gasteiger partial charge in [0.15, 0.2) is 0 Å². The van der Waals surface area contributed by atoms with E-state index in [1.165, 1.54) is 24.3 Å². The Balaban J connectivity index is 2.41. The van der Waals surface area contributed by atoms with Crippen LogP contribution in [0.2, 0.25) is 0 Å². The van der Waals surface area contributed by atoms with E-state index in [0.717, 1.165) is 6.07 Å². The quantitative estimate of drug-likeness (QED) is 0.799. The van der Waals surface area contributed by atoms with Crippen LogP contribution in [0, 0.1) is 0 Å². The Morgan fingerprint density at radius 3 is 2.42 bits per heavy atom. The molecule has 0 bridgehead atoms. The van der Waals surface area contributed by atoms with Crippen molar-refractivity contribution in [1.82, 2.24) is 0 Å². The lowest BCUT2D eigenvalue weighted by Gasteiger charge is -2.14. The molecule has 0 heterocycles. The molecule has 0 saturated heterocycles. The number of benzene rings is 2. The third-order valence-electron chi connectivity index (χ3n) is 2.33. The molecule has 0 aromatic heterocycles. The van der Waals surface area contributed by atoms with E-state index in [2.05, 4.69) is 15.9 Å². The maximum atomic E-state index is 12.8. The normalized spacial score (nSPS) is 11.4. The average Bonchev–Trinajstić information content (AvgIpc) is 2.27. The van der Waals surface area contributed by atoms with Crippen LogP contribution < -0.4 is 10.5 Å². The SMILES string of the molecule is Nc1cccc(Oc2cc(Br)ccc2C(F)(F)F)c1. The summed E-state index contributed by atoms with van der Waals surface area (Å²) in [6, 6.07) is 9.78. The Morgan fingerprint density at radius 1 is 1.05 bits per heavy atom. The molecule has 0 aliphatic heterocycles. The minimum Gasteiger partial charge on any atom is -0.457 e. The van der Waals surface area contributed by atoms with Gasteiger partial charge in [-0.15, -0.1) is 0 Å². The molecule has 2 nitrogen and oxygen atoms in total. The first kappa shape index (κ1) is 13.7. The van der Waals surface area contributed by atoms with Crippen molar-refractivity contribution in [2.45, 2.75) is 6.18 Å². The van der Waals surface area contributed by atoms with Gasteiger partial charge in [0.2, 0.25) is 0 Å². The van der Waals surface area contributed by atoms with Gasteiger partial charge in [-0.05, 0) is 30.3 Å². The zero-order valence-electron chi connectivity index (χ0n) is 9.54. The molecule has 19 heavy (non-hydrogen) atoms. The lowest BCUT2D eigenvalue weighted by atomic mass is 10.2. The smallest absolute Gasteiger partial charge is 0.419 e. The maximum absolute atomic E-state index is 12.8. The molecule has 2 aromatic carbocycles. The maximum Gasteiger partial charge on any atom is 0.419 e. The van der Waals surface area contributed by atoms with Gasteiger partial charge in [-0.3, -0.25) is 0 Å². The van der Waals surface area contributed by atoms with E-state index in [9.17, 15) is 13.2 Å². The molecule has 0 spiro atoms. The van der Waals surface area contributed by atoms with Gasteiger partial charge in [-0.2, -0.15) is 13.2 Å². The van der Waals surface area contributed by atoms with E-state index in [1.807, 2.05) is 0 Å². The second-order valence-electron chi connectivity index (χ2n) is 3.81. The summed E-state index contributed by atoms with van der Waals surface area (Å²) in [5, 5.41) is 0. The Kier molecular flexibility index (Phi) is 3.71. The standard InChI is InChI=1S/C13H9BrF3NO/c14-8-4-5-11(13(15,16)17)12(6-8)19-10-3-1-2-9(18)7-10/h1-7H,18H2. The summed E-state index contributed by atoms with van der Waals surface area (Å²) in [5.41, 5.74) is 5.14. The topological polar surface area (TPSA) is 35.2 Å². The van der Waals surface area contributed by atoms with Crippen LogP contribution >= 0.6 is 15.9 Å². The van der Waals surface area contributed by atoms with Gasteiger partial charge < -0.3 is 10.5 Å². The van der Waals surface area contributed by atoms with E-state index < -0.39 is 11.7 Å². The number of nitrogen functional groups attached to an aromatic ring is 1. The van der Waals surface area contributed by atoms with Gasteiger partial charge in [-0.1, -0.05) is 22.0 Å². The lowest BCUT2D eigenvalue weighted by molar-refractivity contribution is -0.138. The Bertz CT molecular complexity index is 599.